The molecule has 1 heterocycles. The largest absolute Gasteiger partial charge is 0.496 e. The summed E-state index contributed by atoms with van der Waals surface area (Å²) in [4.78, 5) is 12.2. The van der Waals surface area contributed by atoms with Gasteiger partial charge in [0.05, 0.1) is 13.5 Å². The normalized spacial score (nSPS) is 16.0. The quantitative estimate of drug-likeness (QED) is 0.878. The Morgan fingerprint density at radius 2 is 1.92 bits per heavy atom. The molecule has 1 aromatic carbocycles. The zero-order chi connectivity index (χ0) is 18.1. The van der Waals surface area contributed by atoms with Crippen LogP contribution in [0.1, 0.15) is 25.0 Å². The summed E-state index contributed by atoms with van der Waals surface area (Å²) in [6.45, 7) is 5.05. The van der Waals surface area contributed by atoms with Crippen molar-refractivity contribution in [2.24, 2.45) is 11.3 Å². The fraction of sp³-hybridized carbons (Fsp3) is 0.588. The lowest BCUT2D eigenvalue weighted by Crippen LogP contribution is -2.55. The average molecular weight is 345 g/mol. The van der Waals surface area contributed by atoms with E-state index in [1.807, 2.05) is 13.8 Å². The Hall–Kier alpha value is -1.92. The van der Waals surface area contributed by atoms with Gasteiger partial charge in [0, 0.05) is 13.1 Å². The summed E-state index contributed by atoms with van der Waals surface area (Å²) < 4.78 is 42.8. The summed E-state index contributed by atoms with van der Waals surface area (Å²) in [6.07, 6.45) is -5.54. The molecule has 7 heteroatoms. The average Bonchev–Trinajstić information content (AvgIpc) is 2.35. The van der Waals surface area contributed by atoms with Crippen molar-refractivity contribution in [2.45, 2.75) is 32.9 Å². The van der Waals surface area contributed by atoms with Gasteiger partial charge < -0.3 is 14.7 Å². The van der Waals surface area contributed by atoms with Crippen LogP contribution in [0.2, 0.25) is 0 Å². The van der Waals surface area contributed by atoms with Gasteiger partial charge in [-0.05, 0) is 34.9 Å². The molecular formula is C17H22F3NO3. The van der Waals surface area contributed by atoms with Gasteiger partial charge in [-0.1, -0.05) is 26.0 Å². The summed E-state index contributed by atoms with van der Waals surface area (Å²) in [6, 6.07) is 4.59. The van der Waals surface area contributed by atoms with Gasteiger partial charge in [-0.2, -0.15) is 13.2 Å². The molecule has 1 aliphatic rings. The predicted molar refractivity (Wildman–Crippen MR) is 83.3 cm³/mol. The van der Waals surface area contributed by atoms with Crippen LogP contribution in [0, 0.1) is 11.3 Å². The highest BCUT2D eigenvalue weighted by molar-refractivity contribution is 5.66. The SMILES string of the molecule is COc1cc(CC(F)(F)F)ccc1CC(C)(C)C1CN(C(=O)O)C1. The second kappa shape index (κ2) is 6.53. The number of amides is 1. The number of hydrogen-bond donors (Lipinski definition) is 1. The van der Waals surface area contributed by atoms with Crippen LogP contribution < -0.4 is 4.74 Å². The Balaban J connectivity index is 2.10. The molecule has 0 saturated carbocycles. The molecule has 0 aliphatic carbocycles. The lowest BCUT2D eigenvalue weighted by Gasteiger charge is -2.46. The summed E-state index contributed by atoms with van der Waals surface area (Å²) in [5.41, 5.74) is 0.828. The van der Waals surface area contributed by atoms with Crippen LogP contribution in [0.15, 0.2) is 18.2 Å². The number of carboxylic acid groups (broad SMARTS) is 1. The molecule has 2 rings (SSSR count). The Morgan fingerprint density at radius 3 is 2.42 bits per heavy atom. The second-order valence-electron chi connectivity index (χ2n) is 6.99. The molecule has 0 bridgehead atoms. The number of alkyl halides is 3. The molecule has 1 aromatic rings. The molecule has 1 amide bonds. The standard InChI is InChI=1S/C17H22F3NO3/c1-16(2,13-9-21(10-13)15(22)23)8-12-5-4-11(6-14(12)24-3)7-17(18,19)20/h4-6,13H,7-10H2,1-3H3,(H,22,23). The summed E-state index contributed by atoms with van der Waals surface area (Å²) in [5.74, 6) is 0.660. The minimum atomic E-state index is -4.25. The number of halogens is 3. The van der Waals surface area contributed by atoms with Gasteiger partial charge in [-0.15, -0.1) is 0 Å². The minimum absolute atomic E-state index is 0.168. The Labute approximate surface area is 139 Å². The third-order valence-corrected chi connectivity index (χ3v) is 4.66. The van der Waals surface area contributed by atoms with Gasteiger partial charge in [-0.25, -0.2) is 4.79 Å². The van der Waals surface area contributed by atoms with Crippen LogP contribution in [0.25, 0.3) is 0 Å². The Morgan fingerprint density at radius 1 is 1.29 bits per heavy atom. The van der Waals surface area contributed by atoms with Gasteiger partial charge >= 0.3 is 12.3 Å². The molecule has 0 radical (unpaired) electrons. The van der Waals surface area contributed by atoms with E-state index < -0.39 is 18.7 Å². The number of rotatable bonds is 5. The van der Waals surface area contributed by atoms with Gasteiger partial charge in [-0.3, -0.25) is 0 Å². The molecule has 4 nitrogen and oxygen atoms in total. The molecule has 1 N–H and O–H groups in total. The van der Waals surface area contributed by atoms with Crippen LogP contribution in [-0.2, 0) is 12.8 Å². The number of ether oxygens (including phenoxy) is 1. The number of methoxy groups -OCH3 is 1. The summed E-state index contributed by atoms with van der Waals surface area (Å²) in [7, 11) is 1.44. The van der Waals surface area contributed by atoms with E-state index in [9.17, 15) is 18.0 Å². The highest BCUT2D eigenvalue weighted by atomic mass is 19.4. The fourth-order valence-electron chi connectivity index (χ4n) is 3.04. The van der Waals surface area contributed by atoms with E-state index in [0.717, 1.165) is 5.56 Å². The first kappa shape index (κ1) is 18.4. The zero-order valence-corrected chi connectivity index (χ0v) is 14.0. The van der Waals surface area contributed by atoms with Crippen LogP contribution in [0.3, 0.4) is 0 Å². The number of nitrogens with zero attached hydrogens (tertiary/aromatic N) is 1. The molecule has 0 spiro atoms. The molecule has 1 aliphatic heterocycles. The molecule has 24 heavy (non-hydrogen) atoms. The van der Waals surface area contributed by atoms with Crippen molar-refractivity contribution in [2.75, 3.05) is 20.2 Å². The van der Waals surface area contributed by atoms with E-state index >= 15 is 0 Å². The van der Waals surface area contributed by atoms with Crippen molar-refractivity contribution in [3.05, 3.63) is 29.3 Å². The highest BCUT2D eigenvalue weighted by Gasteiger charge is 2.41. The first-order valence-electron chi connectivity index (χ1n) is 7.72. The third kappa shape index (κ3) is 4.33. The summed E-state index contributed by atoms with van der Waals surface area (Å²) in [5, 5.41) is 8.93. The van der Waals surface area contributed by atoms with Gasteiger partial charge in [0.2, 0.25) is 0 Å². The van der Waals surface area contributed by atoms with E-state index in [0.29, 0.717) is 25.3 Å². The van der Waals surface area contributed by atoms with Crippen LogP contribution in [0.4, 0.5) is 18.0 Å². The van der Waals surface area contributed by atoms with Crippen LogP contribution >= 0.6 is 0 Å². The molecule has 134 valence electrons. The maximum Gasteiger partial charge on any atom is 0.407 e. The lowest BCUT2D eigenvalue weighted by atomic mass is 9.70. The molecular weight excluding hydrogens is 323 g/mol. The smallest absolute Gasteiger partial charge is 0.407 e. The highest BCUT2D eigenvalue weighted by Crippen LogP contribution is 2.39. The minimum Gasteiger partial charge on any atom is -0.496 e. The van der Waals surface area contributed by atoms with Crippen LogP contribution in [0.5, 0.6) is 5.75 Å². The zero-order valence-electron chi connectivity index (χ0n) is 14.0. The Bertz CT molecular complexity index is 608. The van der Waals surface area contributed by atoms with Crippen LogP contribution in [-0.4, -0.2) is 42.5 Å². The molecule has 0 unspecified atom stereocenters. The van der Waals surface area contributed by atoms with E-state index in [1.54, 1.807) is 6.07 Å². The van der Waals surface area contributed by atoms with Crippen molar-refractivity contribution >= 4 is 6.09 Å². The van der Waals surface area contributed by atoms with E-state index in [2.05, 4.69) is 0 Å². The monoisotopic (exact) mass is 345 g/mol. The van der Waals surface area contributed by atoms with Crippen molar-refractivity contribution in [3.63, 3.8) is 0 Å². The van der Waals surface area contributed by atoms with E-state index in [1.165, 1.54) is 24.1 Å². The number of hydrogen-bond acceptors (Lipinski definition) is 2. The lowest BCUT2D eigenvalue weighted by molar-refractivity contribution is -0.127. The molecule has 0 atom stereocenters. The number of carbonyl (C=O) groups is 1. The topological polar surface area (TPSA) is 49.8 Å². The van der Waals surface area contributed by atoms with Gasteiger partial charge in [0.25, 0.3) is 0 Å². The fourth-order valence-corrected chi connectivity index (χ4v) is 3.04. The van der Waals surface area contributed by atoms with E-state index in [4.69, 9.17) is 9.84 Å². The maximum atomic E-state index is 12.5. The number of benzene rings is 1. The van der Waals surface area contributed by atoms with E-state index in [-0.39, 0.29) is 16.9 Å². The predicted octanol–water partition coefficient (Wildman–Crippen LogP) is 3.98. The first-order valence-corrected chi connectivity index (χ1v) is 7.72. The second-order valence-corrected chi connectivity index (χ2v) is 6.99. The van der Waals surface area contributed by atoms with Gasteiger partial charge in [0.15, 0.2) is 0 Å². The third-order valence-electron chi connectivity index (χ3n) is 4.66. The van der Waals surface area contributed by atoms with Crippen molar-refractivity contribution < 1.29 is 27.8 Å². The molecule has 1 saturated heterocycles. The Kier molecular flexibility index (Phi) is 5.01. The molecule has 1 fully saturated rings. The van der Waals surface area contributed by atoms with Crippen molar-refractivity contribution in [3.8, 4) is 5.75 Å². The van der Waals surface area contributed by atoms with Crippen molar-refractivity contribution in [1.29, 1.82) is 0 Å². The molecule has 0 aromatic heterocycles. The summed E-state index contributed by atoms with van der Waals surface area (Å²) >= 11 is 0. The number of likely N-dealkylation sites (tertiary alicyclic amines) is 1. The van der Waals surface area contributed by atoms with Gasteiger partial charge in [0.1, 0.15) is 5.75 Å². The maximum absolute atomic E-state index is 12.5. The van der Waals surface area contributed by atoms with Crippen molar-refractivity contribution in [1.82, 2.24) is 4.90 Å². The first-order chi connectivity index (χ1) is 11.0.